The van der Waals surface area contributed by atoms with Gasteiger partial charge in [0.15, 0.2) is 5.82 Å². The number of pyridine rings is 2. The second-order valence-corrected chi connectivity index (χ2v) is 10.9. The highest BCUT2D eigenvalue weighted by molar-refractivity contribution is 6.04. The summed E-state index contributed by atoms with van der Waals surface area (Å²) in [5.74, 6) is 1.41. The molecule has 10 nitrogen and oxygen atoms in total. The van der Waals surface area contributed by atoms with Gasteiger partial charge in [-0.05, 0) is 74.0 Å². The van der Waals surface area contributed by atoms with Gasteiger partial charge in [0.2, 0.25) is 0 Å². The molecule has 1 saturated heterocycles. The van der Waals surface area contributed by atoms with Gasteiger partial charge < -0.3 is 25.4 Å². The van der Waals surface area contributed by atoms with Gasteiger partial charge in [-0.3, -0.25) is 4.79 Å². The van der Waals surface area contributed by atoms with E-state index >= 15 is 0 Å². The number of methoxy groups -OCH3 is 2. The molecule has 3 aromatic heterocycles. The molecule has 3 N–H and O–H groups in total. The topological polar surface area (TPSA) is 115 Å². The number of alkyl halides is 3. The van der Waals surface area contributed by atoms with Crippen LogP contribution in [-0.4, -0.2) is 53.0 Å². The van der Waals surface area contributed by atoms with Crippen LogP contribution in [0, 0.1) is 0 Å². The largest absolute Gasteiger partial charge is 0.497 e. The SMILES string of the molecule is COc1ccc(CNc2nccc3c(C4CCCNC4)nn(-c4ccc(C(=O)Nc5cc(C(F)(F)F)ccn5)cc4)c23)c(OC)c1. The normalized spacial score (nSPS) is 15.0. The molecule has 0 aliphatic carbocycles. The Labute approximate surface area is 263 Å². The molecule has 0 saturated carbocycles. The molecule has 0 spiro atoms. The maximum absolute atomic E-state index is 13.1. The lowest BCUT2D eigenvalue weighted by Gasteiger charge is -2.21. The summed E-state index contributed by atoms with van der Waals surface area (Å²) < 4.78 is 52.1. The van der Waals surface area contributed by atoms with Crippen molar-refractivity contribution >= 4 is 28.4 Å². The number of aromatic nitrogens is 4. The van der Waals surface area contributed by atoms with Crippen molar-refractivity contribution in [2.24, 2.45) is 0 Å². The predicted octanol–water partition coefficient (Wildman–Crippen LogP) is 6.18. The number of anilines is 2. The number of nitrogens with one attached hydrogen (secondary N) is 3. The average Bonchev–Trinajstić information content (AvgIpc) is 3.48. The summed E-state index contributed by atoms with van der Waals surface area (Å²) in [6.45, 7) is 2.20. The predicted molar refractivity (Wildman–Crippen MR) is 168 cm³/mol. The van der Waals surface area contributed by atoms with Gasteiger partial charge in [-0.2, -0.15) is 18.3 Å². The van der Waals surface area contributed by atoms with Crippen LogP contribution in [0.15, 0.2) is 73.1 Å². The number of carbonyl (C=O) groups excluding carboxylic acids is 1. The number of amides is 1. The number of benzene rings is 2. The third-order valence-electron chi connectivity index (χ3n) is 7.95. The van der Waals surface area contributed by atoms with Crippen molar-refractivity contribution in [2.75, 3.05) is 37.9 Å². The van der Waals surface area contributed by atoms with Gasteiger partial charge in [0, 0.05) is 54.0 Å². The third-order valence-corrected chi connectivity index (χ3v) is 7.95. The summed E-state index contributed by atoms with van der Waals surface area (Å²) in [7, 11) is 3.21. The maximum Gasteiger partial charge on any atom is 0.416 e. The Balaban J connectivity index is 1.32. The Morgan fingerprint density at radius 1 is 1.02 bits per heavy atom. The number of rotatable bonds is 9. The monoisotopic (exact) mass is 631 g/mol. The van der Waals surface area contributed by atoms with Crippen LogP contribution >= 0.6 is 0 Å². The van der Waals surface area contributed by atoms with E-state index in [1.54, 1.807) is 44.7 Å². The summed E-state index contributed by atoms with van der Waals surface area (Å²) in [6.07, 6.45) is 0.254. The Morgan fingerprint density at radius 3 is 2.54 bits per heavy atom. The zero-order valence-electron chi connectivity index (χ0n) is 25.2. The van der Waals surface area contributed by atoms with E-state index in [1.165, 1.54) is 0 Å². The van der Waals surface area contributed by atoms with Crippen LogP contribution < -0.4 is 25.4 Å². The van der Waals surface area contributed by atoms with E-state index in [2.05, 4.69) is 25.9 Å². The van der Waals surface area contributed by atoms with Crippen LogP contribution in [0.25, 0.3) is 16.6 Å². The molecule has 0 bridgehead atoms. The second-order valence-electron chi connectivity index (χ2n) is 10.9. The number of ether oxygens (including phenoxy) is 2. The van der Waals surface area contributed by atoms with Crippen molar-refractivity contribution in [3.05, 3.63) is 95.4 Å². The highest BCUT2D eigenvalue weighted by atomic mass is 19.4. The minimum Gasteiger partial charge on any atom is -0.497 e. The van der Waals surface area contributed by atoms with Crippen molar-refractivity contribution in [3.63, 3.8) is 0 Å². The Kier molecular flexibility index (Phi) is 8.75. The quantitative estimate of drug-likeness (QED) is 0.177. The van der Waals surface area contributed by atoms with Gasteiger partial charge in [-0.15, -0.1) is 0 Å². The van der Waals surface area contributed by atoms with Crippen molar-refractivity contribution < 1.29 is 27.4 Å². The Bertz CT molecular complexity index is 1850. The molecule has 6 rings (SSSR count). The molecule has 2 aromatic carbocycles. The zero-order chi connectivity index (χ0) is 32.3. The first-order chi connectivity index (χ1) is 22.2. The Morgan fingerprint density at radius 2 is 1.83 bits per heavy atom. The number of hydrogen-bond acceptors (Lipinski definition) is 8. The van der Waals surface area contributed by atoms with Crippen molar-refractivity contribution in [2.45, 2.75) is 31.5 Å². The molecule has 46 heavy (non-hydrogen) atoms. The molecule has 1 unspecified atom stereocenters. The number of carbonyl (C=O) groups is 1. The van der Waals surface area contributed by atoms with E-state index in [1.807, 2.05) is 28.9 Å². The van der Waals surface area contributed by atoms with Crippen LogP contribution in [-0.2, 0) is 12.7 Å². The van der Waals surface area contributed by atoms with E-state index in [9.17, 15) is 18.0 Å². The molecule has 238 valence electrons. The lowest BCUT2D eigenvalue weighted by Crippen LogP contribution is -2.28. The molecular weight excluding hydrogens is 599 g/mol. The van der Waals surface area contributed by atoms with Crippen LogP contribution in [0.4, 0.5) is 24.8 Å². The number of hydrogen-bond donors (Lipinski definition) is 3. The molecule has 1 amide bonds. The summed E-state index contributed by atoms with van der Waals surface area (Å²) in [6, 6.07) is 15.9. The zero-order valence-corrected chi connectivity index (χ0v) is 25.2. The minimum atomic E-state index is -4.55. The van der Waals surface area contributed by atoms with Gasteiger partial charge in [0.1, 0.15) is 22.8 Å². The van der Waals surface area contributed by atoms with Crippen LogP contribution in [0.5, 0.6) is 11.5 Å². The lowest BCUT2D eigenvalue weighted by molar-refractivity contribution is -0.137. The highest BCUT2D eigenvalue weighted by Crippen LogP contribution is 2.35. The van der Waals surface area contributed by atoms with E-state index in [0.29, 0.717) is 29.5 Å². The Hall–Kier alpha value is -5.17. The van der Waals surface area contributed by atoms with Gasteiger partial charge >= 0.3 is 6.18 Å². The van der Waals surface area contributed by atoms with E-state index in [4.69, 9.17) is 14.6 Å². The fourth-order valence-electron chi connectivity index (χ4n) is 5.58. The smallest absolute Gasteiger partial charge is 0.416 e. The lowest BCUT2D eigenvalue weighted by atomic mass is 9.94. The summed E-state index contributed by atoms with van der Waals surface area (Å²) in [5.41, 5.74) is 2.68. The second kappa shape index (κ2) is 13.1. The van der Waals surface area contributed by atoms with Gasteiger partial charge in [-0.1, -0.05) is 0 Å². The van der Waals surface area contributed by atoms with Crippen LogP contribution in [0.2, 0.25) is 0 Å². The van der Waals surface area contributed by atoms with Gasteiger partial charge in [0.25, 0.3) is 5.91 Å². The van der Waals surface area contributed by atoms with Gasteiger partial charge in [0.05, 0.1) is 31.2 Å². The first-order valence-corrected chi connectivity index (χ1v) is 14.7. The molecule has 13 heteroatoms. The third kappa shape index (κ3) is 6.45. The summed E-state index contributed by atoms with van der Waals surface area (Å²) in [5, 5.41) is 15.4. The fraction of sp³-hybridized carbons (Fsp3) is 0.273. The first kappa shape index (κ1) is 30.8. The molecule has 0 radical (unpaired) electrons. The molecule has 1 aliphatic rings. The first-order valence-electron chi connectivity index (χ1n) is 14.7. The average molecular weight is 632 g/mol. The van der Waals surface area contributed by atoms with Crippen molar-refractivity contribution in [1.82, 2.24) is 25.1 Å². The minimum absolute atomic E-state index is 0.192. The van der Waals surface area contributed by atoms with E-state index in [-0.39, 0.29) is 17.3 Å². The standard InChI is InChI=1S/C33H32F3N7O3/c1-45-25-10-7-21(27(17-25)46-2)19-40-31-30-26(12-15-39-31)29(22-4-3-13-37-18-22)42-43(30)24-8-5-20(6-9-24)32(44)41-28-16-23(11-14-38-28)33(34,35)36/h5-12,14-17,22,37H,3-4,13,18-19H2,1-2H3,(H,39,40)(H,38,41,44). The molecule has 5 aromatic rings. The number of nitrogens with zero attached hydrogens (tertiary/aromatic N) is 4. The highest BCUT2D eigenvalue weighted by Gasteiger charge is 2.31. The van der Waals surface area contributed by atoms with Gasteiger partial charge in [-0.25, -0.2) is 14.6 Å². The van der Waals surface area contributed by atoms with E-state index < -0.39 is 17.6 Å². The molecule has 1 aliphatic heterocycles. The molecule has 1 fully saturated rings. The summed E-state index contributed by atoms with van der Waals surface area (Å²) >= 11 is 0. The molecular formula is C33H32F3N7O3. The summed E-state index contributed by atoms with van der Waals surface area (Å²) in [4.78, 5) is 21.4. The number of piperidine rings is 1. The maximum atomic E-state index is 13.1. The van der Waals surface area contributed by atoms with Crippen molar-refractivity contribution in [1.29, 1.82) is 0 Å². The molecule has 4 heterocycles. The fourth-order valence-corrected chi connectivity index (χ4v) is 5.58. The number of halogens is 3. The van der Waals surface area contributed by atoms with Crippen LogP contribution in [0.1, 0.15) is 45.9 Å². The number of fused-ring (bicyclic) bond motifs is 1. The van der Waals surface area contributed by atoms with E-state index in [0.717, 1.165) is 66.4 Å². The molecule has 1 atom stereocenters. The van der Waals surface area contributed by atoms with Crippen LogP contribution in [0.3, 0.4) is 0 Å². The van der Waals surface area contributed by atoms with Crippen molar-refractivity contribution in [3.8, 4) is 17.2 Å².